The molecule has 0 N–H and O–H groups in total. The molecule has 32 heavy (non-hydrogen) atoms. The molecule has 1 saturated heterocycles. The molecule has 1 amide bonds. The van der Waals surface area contributed by atoms with Gasteiger partial charge in [0.15, 0.2) is 0 Å². The lowest BCUT2D eigenvalue weighted by Crippen LogP contribution is -2.41. The Hall–Kier alpha value is -2.35. The van der Waals surface area contributed by atoms with Gasteiger partial charge in [0, 0.05) is 7.05 Å². The number of nitrogens with zero attached hydrogens (tertiary/aromatic N) is 3. The standard InChI is InChI=1S/C24H27BClN3O3/c1-7-18-21-27-17-12-11-14(25-31-23(2,3)24(4,5)32-25)13-19(17)29(21)20-15(22(30)28(18)6)9-8-10-16(20)26/h8-13,18H,7H2,1-6H3. The molecule has 0 radical (unpaired) electrons. The van der Waals surface area contributed by atoms with Gasteiger partial charge in [0.2, 0.25) is 0 Å². The third-order valence-electron chi connectivity index (χ3n) is 7.14. The first kappa shape index (κ1) is 21.5. The lowest BCUT2D eigenvalue weighted by molar-refractivity contribution is 0.00578. The van der Waals surface area contributed by atoms with E-state index in [2.05, 4.69) is 6.92 Å². The van der Waals surface area contributed by atoms with Crippen LogP contribution in [0.2, 0.25) is 5.02 Å². The van der Waals surface area contributed by atoms with E-state index in [1.165, 1.54) is 0 Å². The smallest absolute Gasteiger partial charge is 0.399 e. The Morgan fingerprint density at radius 3 is 2.47 bits per heavy atom. The number of rotatable bonds is 2. The number of carbonyl (C=O) groups excluding carboxylic acids is 1. The van der Waals surface area contributed by atoms with Crippen molar-refractivity contribution in [2.24, 2.45) is 0 Å². The molecule has 166 valence electrons. The summed E-state index contributed by atoms with van der Waals surface area (Å²) >= 11 is 6.68. The summed E-state index contributed by atoms with van der Waals surface area (Å²) in [6, 6.07) is 11.3. The minimum absolute atomic E-state index is 0.0601. The van der Waals surface area contributed by atoms with Crippen molar-refractivity contribution in [3.8, 4) is 5.69 Å². The first-order chi connectivity index (χ1) is 15.1. The molecule has 1 atom stereocenters. The SMILES string of the molecule is CCC1c2nc3ccc(B4OC(C)(C)C(C)(C)O4)cc3n2-c2c(Cl)cccc2C(=O)N1C. The normalized spacial score (nSPS) is 21.6. The molecule has 1 fully saturated rings. The molecule has 2 aromatic carbocycles. The molecule has 0 aliphatic carbocycles. The Bertz CT molecular complexity index is 1240. The summed E-state index contributed by atoms with van der Waals surface area (Å²) in [5.74, 6) is 0.742. The Labute approximate surface area is 193 Å². The van der Waals surface area contributed by atoms with Gasteiger partial charge >= 0.3 is 7.12 Å². The number of carbonyl (C=O) groups is 1. The monoisotopic (exact) mass is 451 g/mol. The highest BCUT2D eigenvalue weighted by Crippen LogP contribution is 2.39. The van der Waals surface area contributed by atoms with Gasteiger partial charge in [-0.25, -0.2) is 4.98 Å². The number of aromatic nitrogens is 2. The van der Waals surface area contributed by atoms with Crippen LogP contribution in [0.15, 0.2) is 36.4 Å². The third kappa shape index (κ3) is 2.95. The Morgan fingerprint density at radius 2 is 1.81 bits per heavy atom. The zero-order chi connectivity index (χ0) is 23.0. The summed E-state index contributed by atoms with van der Waals surface area (Å²) in [6.07, 6.45) is 0.737. The summed E-state index contributed by atoms with van der Waals surface area (Å²) in [5, 5.41) is 0.516. The van der Waals surface area contributed by atoms with Crippen molar-refractivity contribution < 1.29 is 14.1 Å². The molecule has 3 aromatic rings. The summed E-state index contributed by atoms with van der Waals surface area (Å²) in [6.45, 7) is 10.2. The summed E-state index contributed by atoms with van der Waals surface area (Å²) in [5.41, 5.74) is 3.00. The van der Waals surface area contributed by atoms with Crippen LogP contribution in [0.1, 0.15) is 63.3 Å². The molecule has 1 aromatic heterocycles. The van der Waals surface area contributed by atoms with E-state index in [0.29, 0.717) is 16.3 Å². The maximum Gasteiger partial charge on any atom is 0.494 e. The molecule has 0 bridgehead atoms. The fourth-order valence-electron chi connectivity index (χ4n) is 4.57. The fourth-order valence-corrected chi connectivity index (χ4v) is 4.83. The third-order valence-corrected chi connectivity index (χ3v) is 7.45. The predicted octanol–water partition coefficient (Wildman–Crippen LogP) is 4.51. The van der Waals surface area contributed by atoms with E-state index in [1.54, 1.807) is 4.90 Å². The second-order valence-electron chi connectivity index (χ2n) is 9.62. The number of amides is 1. The minimum atomic E-state index is -0.488. The number of para-hydroxylation sites is 1. The molecule has 3 heterocycles. The zero-order valence-corrected chi connectivity index (χ0v) is 20.0. The largest absolute Gasteiger partial charge is 0.494 e. The van der Waals surface area contributed by atoms with Crippen molar-refractivity contribution in [1.29, 1.82) is 0 Å². The number of hydrogen-bond donors (Lipinski definition) is 0. The van der Waals surface area contributed by atoms with Crippen LogP contribution in [0.3, 0.4) is 0 Å². The lowest BCUT2D eigenvalue weighted by Gasteiger charge is -2.32. The molecule has 0 spiro atoms. The van der Waals surface area contributed by atoms with E-state index in [1.807, 2.05) is 75.7 Å². The van der Waals surface area contributed by atoms with Crippen LogP contribution in [0, 0.1) is 0 Å². The maximum atomic E-state index is 13.3. The summed E-state index contributed by atoms with van der Waals surface area (Å²) in [4.78, 5) is 20.0. The number of halogens is 1. The summed E-state index contributed by atoms with van der Waals surface area (Å²) in [7, 11) is 1.34. The van der Waals surface area contributed by atoms with Crippen LogP contribution in [-0.4, -0.2) is 45.7 Å². The molecule has 0 saturated carbocycles. The molecule has 1 unspecified atom stereocenters. The van der Waals surface area contributed by atoms with Gasteiger partial charge in [-0.3, -0.25) is 9.36 Å². The fraction of sp³-hybridized carbons (Fsp3) is 0.417. The topological polar surface area (TPSA) is 56.6 Å². The second kappa shape index (κ2) is 7.08. The maximum absolute atomic E-state index is 13.3. The second-order valence-corrected chi connectivity index (χ2v) is 10.0. The Kier molecular flexibility index (Phi) is 4.75. The molecule has 2 aliphatic rings. The van der Waals surface area contributed by atoms with Gasteiger partial charge in [-0.15, -0.1) is 0 Å². The lowest BCUT2D eigenvalue weighted by atomic mass is 9.79. The highest BCUT2D eigenvalue weighted by Gasteiger charge is 2.51. The number of benzene rings is 2. The highest BCUT2D eigenvalue weighted by atomic mass is 35.5. The molecular formula is C24H27BClN3O3. The van der Waals surface area contributed by atoms with E-state index in [-0.39, 0.29) is 11.9 Å². The minimum Gasteiger partial charge on any atom is -0.399 e. The van der Waals surface area contributed by atoms with E-state index in [4.69, 9.17) is 25.9 Å². The van der Waals surface area contributed by atoms with E-state index < -0.39 is 18.3 Å². The quantitative estimate of drug-likeness (QED) is 0.538. The van der Waals surface area contributed by atoms with Gasteiger partial charge in [-0.05, 0) is 63.8 Å². The molecule has 2 aliphatic heterocycles. The van der Waals surface area contributed by atoms with Crippen molar-refractivity contribution >= 4 is 41.1 Å². The molecular weight excluding hydrogens is 425 g/mol. The number of fused-ring (bicyclic) bond motifs is 5. The predicted molar refractivity (Wildman–Crippen MR) is 127 cm³/mol. The first-order valence-electron chi connectivity index (χ1n) is 11.0. The van der Waals surface area contributed by atoms with Crippen molar-refractivity contribution in [1.82, 2.24) is 14.5 Å². The van der Waals surface area contributed by atoms with Crippen LogP contribution in [0.5, 0.6) is 0 Å². The summed E-state index contributed by atoms with van der Waals surface area (Å²) < 4.78 is 14.6. The van der Waals surface area contributed by atoms with Crippen molar-refractivity contribution in [2.75, 3.05) is 7.05 Å². The first-order valence-corrected chi connectivity index (χ1v) is 11.4. The van der Waals surface area contributed by atoms with Crippen LogP contribution in [0.4, 0.5) is 0 Å². The average Bonchev–Trinajstić information content (AvgIpc) is 3.17. The van der Waals surface area contributed by atoms with Gasteiger partial charge in [0.25, 0.3) is 5.91 Å². The molecule has 8 heteroatoms. The van der Waals surface area contributed by atoms with Crippen LogP contribution >= 0.6 is 11.6 Å². The van der Waals surface area contributed by atoms with E-state index in [9.17, 15) is 4.79 Å². The Balaban J connectivity index is 1.76. The number of hydrogen-bond acceptors (Lipinski definition) is 4. The van der Waals surface area contributed by atoms with Crippen LogP contribution < -0.4 is 5.46 Å². The number of imidazole rings is 1. The highest BCUT2D eigenvalue weighted by molar-refractivity contribution is 6.62. The van der Waals surface area contributed by atoms with E-state index >= 15 is 0 Å². The average molecular weight is 452 g/mol. The van der Waals surface area contributed by atoms with Gasteiger partial charge in [0.1, 0.15) is 5.82 Å². The molecule has 6 nitrogen and oxygen atoms in total. The van der Waals surface area contributed by atoms with E-state index in [0.717, 1.165) is 28.7 Å². The molecule has 5 rings (SSSR count). The Morgan fingerprint density at radius 1 is 1.12 bits per heavy atom. The van der Waals surface area contributed by atoms with Gasteiger partial charge in [0.05, 0.1) is 44.6 Å². The van der Waals surface area contributed by atoms with Crippen molar-refractivity contribution in [3.63, 3.8) is 0 Å². The van der Waals surface area contributed by atoms with Crippen molar-refractivity contribution in [3.05, 3.63) is 52.8 Å². The van der Waals surface area contributed by atoms with Gasteiger partial charge in [-0.2, -0.15) is 0 Å². The van der Waals surface area contributed by atoms with Gasteiger partial charge in [-0.1, -0.05) is 30.7 Å². The zero-order valence-electron chi connectivity index (χ0n) is 19.3. The van der Waals surface area contributed by atoms with Gasteiger partial charge < -0.3 is 14.2 Å². The van der Waals surface area contributed by atoms with Crippen LogP contribution in [0.25, 0.3) is 16.7 Å². The van der Waals surface area contributed by atoms with Crippen LogP contribution in [-0.2, 0) is 9.31 Å². The van der Waals surface area contributed by atoms with Crippen molar-refractivity contribution in [2.45, 2.75) is 58.3 Å².